The standard InChI is InChI=1S/C6H12OS2.C4H10S.C3H8N2O2S2.C3H6S2/c1-8-4-2-5-9-6-3-7;1-2-3-4-5;4-7-9-3-1-2-8-5-6;1-2-4-5-3-1/h3H,2,4-6H2,1H3;5H,2-4H2,1H3;1-4H2;1-3H2. The van der Waals surface area contributed by atoms with Crippen molar-refractivity contribution >= 4 is 88.0 Å². The maximum atomic E-state index is 9.81. The van der Waals surface area contributed by atoms with E-state index in [1.807, 2.05) is 33.3 Å². The Hall–Kier alpha value is 1.64. The number of nitrogens with zero attached hydrogens (tertiary/aromatic N) is 1. The van der Waals surface area contributed by atoms with Gasteiger partial charge < -0.3 is 4.79 Å². The minimum Gasteiger partial charge on any atom is -0.302 e. The van der Waals surface area contributed by atoms with Crippen molar-refractivity contribution in [1.82, 2.24) is 0 Å². The number of nitroso groups, excluding NO2 is 1. The minimum absolute atomic E-state index is 0.661. The molecule has 170 valence electrons. The summed E-state index contributed by atoms with van der Waals surface area (Å²) in [6.45, 7) is 2.16. The largest absolute Gasteiger partial charge is 0.302 e. The van der Waals surface area contributed by atoms with E-state index in [2.05, 4.69) is 34.7 Å². The second-order valence-corrected chi connectivity index (χ2v) is 11.8. The van der Waals surface area contributed by atoms with Crippen LogP contribution < -0.4 is 5.90 Å². The maximum absolute atomic E-state index is 9.81. The predicted octanol–water partition coefficient (Wildman–Crippen LogP) is 6.49. The third-order valence-corrected chi connectivity index (χ3v) is 8.17. The molecule has 0 aliphatic carbocycles. The summed E-state index contributed by atoms with van der Waals surface area (Å²) in [6.07, 6.45) is 9.12. The molecule has 0 unspecified atom stereocenters. The number of carbonyl (C=O) groups is 1. The molecule has 0 bridgehead atoms. The highest BCUT2D eigenvalue weighted by Crippen LogP contribution is 2.29. The Bertz CT molecular complexity index is 253. The lowest BCUT2D eigenvalue weighted by Gasteiger charge is -1.93. The van der Waals surface area contributed by atoms with Crippen LogP contribution in [0.4, 0.5) is 0 Å². The smallest absolute Gasteiger partial charge is 0.129 e. The molecule has 0 aromatic heterocycles. The molecule has 0 amide bonds. The Balaban J connectivity index is -0.000000308. The van der Waals surface area contributed by atoms with Gasteiger partial charge in [-0.25, -0.2) is 10.2 Å². The number of unbranched alkanes of at least 4 members (excludes halogenated alkanes) is 1. The molecule has 0 spiro atoms. The predicted molar refractivity (Wildman–Crippen MR) is 145 cm³/mol. The minimum atomic E-state index is 0.661. The summed E-state index contributed by atoms with van der Waals surface area (Å²) < 4.78 is 6.84. The molecule has 5 nitrogen and oxygen atoms in total. The van der Waals surface area contributed by atoms with Gasteiger partial charge in [0.05, 0.1) is 0 Å². The molecule has 0 aromatic rings. The Morgan fingerprint density at radius 1 is 1.14 bits per heavy atom. The van der Waals surface area contributed by atoms with E-state index in [1.165, 1.54) is 55.0 Å². The normalized spacial score (nSPS) is 11.9. The van der Waals surface area contributed by atoms with E-state index in [0.717, 1.165) is 47.7 Å². The van der Waals surface area contributed by atoms with Gasteiger partial charge >= 0.3 is 0 Å². The number of thioether (sulfide) groups is 2. The zero-order valence-electron chi connectivity index (χ0n) is 16.9. The number of aldehydes is 1. The second kappa shape index (κ2) is 39.2. The maximum Gasteiger partial charge on any atom is 0.129 e. The molecule has 1 fully saturated rings. The summed E-state index contributed by atoms with van der Waals surface area (Å²) in [4.78, 5) is 19.3. The fourth-order valence-corrected chi connectivity index (χ4v) is 5.95. The lowest BCUT2D eigenvalue weighted by atomic mass is 10.4. The summed E-state index contributed by atoms with van der Waals surface area (Å²) in [5.41, 5.74) is 0. The third-order valence-electron chi connectivity index (χ3n) is 2.46. The summed E-state index contributed by atoms with van der Waals surface area (Å²) in [5.74, 6) is 13.1. The highest BCUT2D eigenvalue weighted by molar-refractivity contribution is 8.77. The molecule has 0 aromatic carbocycles. The highest BCUT2D eigenvalue weighted by atomic mass is 33.1. The van der Waals surface area contributed by atoms with Crippen molar-refractivity contribution in [3.05, 3.63) is 4.91 Å². The van der Waals surface area contributed by atoms with E-state index in [-0.39, 0.29) is 0 Å². The number of hydrogen-bond acceptors (Lipinski definition) is 12. The molecular formula is C16H36N2O3S7. The first-order valence-corrected chi connectivity index (χ1v) is 16.6. The van der Waals surface area contributed by atoms with Crippen LogP contribution in [-0.2, 0) is 9.08 Å². The van der Waals surface area contributed by atoms with Gasteiger partial charge in [-0.1, -0.05) is 34.9 Å². The average molecular weight is 529 g/mol. The van der Waals surface area contributed by atoms with Crippen molar-refractivity contribution in [3.63, 3.8) is 0 Å². The number of rotatable bonds is 14. The van der Waals surface area contributed by atoms with Crippen molar-refractivity contribution in [2.45, 2.75) is 39.0 Å². The lowest BCUT2D eigenvalue weighted by Crippen LogP contribution is -1.90. The van der Waals surface area contributed by atoms with Crippen LogP contribution in [0.2, 0.25) is 0 Å². The van der Waals surface area contributed by atoms with Crippen molar-refractivity contribution in [3.8, 4) is 0 Å². The molecule has 1 heterocycles. The molecule has 0 atom stereocenters. The van der Waals surface area contributed by atoms with Gasteiger partial charge in [0, 0.05) is 57.3 Å². The average Bonchev–Trinajstić information content (AvgIpc) is 3.30. The van der Waals surface area contributed by atoms with E-state index in [9.17, 15) is 9.70 Å². The quantitative estimate of drug-likeness (QED) is 0.0381. The van der Waals surface area contributed by atoms with Crippen molar-refractivity contribution in [2.24, 2.45) is 10.5 Å². The lowest BCUT2D eigenvalue weighted by molar-refractivity contribution is -0.105. The zero-order valence-corrected chi connectivity index (χ0v) is 22.7. The van der Waals surface area contributed by atoms with Crippen LogP contribution in [0.15, 0.2) is 4.58 Å². The number of thiol groups is 1. The Kier molecular flexibility index (Phi) is 47.9. The van der Waals surface area contributed by atoms with Crippen LogP contribution >= 0.6 is 81.7 Å². The molecule has 1 saturated heterocycles. The van der Waals surface area contributed by atoms with Crippen LogP contribution in [-0.4, -0.2) is 58.6 Å². The SMILES string of the molecule is C1CSSC1.CCCCS.CSCCCSCC=O.NOSCCCSN=O. The first-order valence-electron chi connectivity index (χ1n) is 9.03. The van der Waals surface area contributed by atoms with Gasteiger partial charge in [0.2, 0.25) is 0 Å². The van der Waals surface area contributed by atoms with Crippen molar-refractivity contribution in [2.75, 3.05) is 52.3 Å². The Morgan fingerprint density at radius 2 is 1.82 bits per heavy atom. The topological polar surface area (TPSA) is 81.8 Å². The van der Waals surface area contributed by atoms with Gasteiger partial charge in [-0.3, -0.25) is 0 Å². The summed E-state index contributed by atoms with van der Waals surface area (Å²) in [5, 5.41) is 0. The van der Waals surface area contributed by atoms with E-state index < -0.39 is 0 Å². The molecule has 1 aliphatic rings. The number of hydrogen-bond donors (Lipinski definition) is 2. The number of carbonyl (C=O) groups excluding carboxylic acids is 1. The van der Waals surface area contributed by atoms with Gasteiger partial charge in [-0.05, 0) is 49.2 Å². The van der Waals surface area contributed by atoms with Crippen molar-refractivity contribution < 1.29 is 9.08 Å². The molecule has 0 radical (unpaired) electrons. The van der Waals surface area contributed by atoms with E-state index in [0.29, 0.717) is 5.75 Å². The third kappa shape index (κ3) is 46.0. The fourth-order valence-electron chi connectivity index (χ4n) is 1.16. The molecule has 2 N–H and O–H groups in total. The van der Waals surface area contributed by atoms with Crippen LogP contribution in [0.1, 0.15) is 39.0 Å². The molecule has 1 rings (SSSR count). The first-order chi connectivity index (χ1) is 13.7. The van der Waals surface area contributed by atoms with Crippen LogP contribution in [0, 0.1) is 4.91 Å². The highest BCUT2D eigenvalue weighted by Gasteiger charge is 1.96. The Morgan fingerprint density at radius 3 is 2.21 bits per heavy atom. The molecule has 28 heavy (non-hydrogen) atoms. The second-order valence-electron chi connectivity index (χ2n) is 4.84. The van der Waals surface area contributed by atoms with E-state index >= 15 is 0 Å². The van der Waals surface area contributed by atoms with Gasteiger partial charge in [0.1, 0.15) is 6.29 Å². The monoisotopic (exact) mass is 528 g/mol. The van der Waals surface area contributed by atoms with Gasteiger partial charge in [-0.2, -0.15) is 36.2 Å². The number of nitrogens with two attached hydrogens (primary N) is 1. The Labute approximate surface area is 202 Å². The van der Waals surface area contributed by atoms with Crippen molar-refractivity contribution in [1.29, 1.82) is 0 Å². The van der Waals surface area contributed by atoms with E-state index in [1.54, 1.807) is 11.8 Å². The van der Waals surface area contributed by atoms with Crippen LogP contribution in [0.25, 0.3) is 0 Å². The summed E-state index contributed by atoms with van der Waals surface area (Å²) >= 11 is 9.77. The summed E-state index contributed by atoms with van der Waals surface area (Å²) in [7, 11) is 3.98. The van der Waals surface area contributed by atoms with Gasteiger partial charge in [-0.15, -0.1) is 4.91 Å². The molecule has 0 saturated carbocycles. The van der Waals surface area contributed by atoms with Crippen LogP contribution in [0.3, 0.4) is 0 Å². The van der Waals surface area contributed by atoms with Gasteiger partial charge in [0.25, 0.3) is 0 Å². The summed E-state index contributed by atoms with van der Waals surface area (Å²) in [6, 6.07) is 0. The molecule has 12 heteroatoms. The zero-order chi connectivity index (χ0) is 21.6. The molecule has 1 aliphatic heterocycles. The van der Waals surface area contributed by atoms with E-state index in [4.69, 9.17) is 5.90 Å². The van der Waals surface area contributed by atoms with Gasteiger partial charge in [0.15, 0.2) is 0 Å². The first kappa shape index (κ1) is 34.3. The fraction of sp³-hybridized carbons (Fsp3) is 0.938. The van der Waals surface area contributed by atoms with Crippen LogP contribution in [0.5, 0.6) is 0 Å². The molecular weight excluding hydrogens is 493 g/mol.